The minimum atomic E-state index is -4.17. The third-order valence-electron chi connectivity index (χ3n) is 6.02. The molecule has 0 aliphatic heterocycles. The van der Waals surface area contributed by atoms with Crippen LogP contribution in [-0.4, -0.2) is 32.4 Å². The van der Waals surface area contributed by atoms with Gasteiger partial charge in [-0.25, -0.2) is 4.98 Å². The summed E-state index contributed by atoms with van der Waals surface area (Å²) in [5.41, 5.74) is 0.943. The molecule has 2 fully saturated rings. The number of aromatic nitrogens is 2. The topological polar surface area (TPSA) is 67.2 Å². The highest BCUT2D eigenvalue weighted by atomic mass is 19.3. The summed E-state index contributed by atoms with van der Waals surface area (Å²) in [7, 11) is 0. The van der Waals surface area contributed by atoms with Gasteiger partial charge < -0.3 is 9.67 Å². The van der Waals surface area contributed by atoms with Crippen molar-refractivity contribution in [2.24, 2.45) is 5.92 Å². The Kier molecular flexibility index (Phi) is 4.45. The Balaban J connectivity index is 1.61. The molecule has 158 valence electrons. The van der Waals surface area contributed by atoms with Gasteiger partial charge in [-0.1, -0.05) is 6.07 Å². The average Bonchev–Trinajstić information content (AvgIpc) is 2.89. The predicted molar refractivity (Wildman–Crippen MR) is 99.1 cm³/mol. The van der Waals surface area contributed by atoms with Crippen LogP contribution in [0.4, 0.5) is 23.5 Å². The average molecular weight is 413 g/mol. The van der Waals surface area contributed by atoms with Gasteiger partial charge in [0.2, 0.25) is 11.9 Å². The van der Waals surface area contributed by atoms with Crippen molar-refractivity contribution in [1.82, 2.24) is 9.55 Å². The fraction of sp³-hybridized carbons (Fsp3) is 0.600. The number of nitrogens with one attached hydrogen (secondary N) is 1. The van der Waals surface area contributed by atoms with Crippen molar-refractivity contribution < 1.29 is 27.5 Å². The van der Waals surface area contributed by atoms with Crippen LogP contribution in [-0.2, 0) is 10.4 Å². The highest BCUT2D eigenvalue weighted by Crippen LogP contribution is 2.56. The van der Waals surface area contributed by atoms with E-state index in [1.165, 1.54) is 0 Å². The molecule has 1 amide bonds. The Morgan fingerprint density at radius 1 is 1.31 bits per heavy atom. The van der Waals surface area contributed by atoms with Crippen LogP contribution in [0.5, 0.6) is 0 Å². The quantitative estimate of drug-likeness (QED) is 0.704. The second-order valence-corrected chi connectivity index (χ2v) is 8.63. The summed E-state index contributed by atoms with van der Waals surface area (Å²) in [5.74, 6) is -10.4. The molecule has 2 saturated carbocycles. The Morgan fingerprint density at radius 2 is 2.00 bits per heavy atom. The molecule has 0 radical (unpaired) electrons. The first-order valence-electron chi connectivity index (χ1n) is 9.70. The molecule has 2 aliphatic rings. The summed E-state index contributed by atoms with van der Waals surface area (Å²) in [5, 5.41) is 12.8. The molecule has 2 N–H and O–H groups in total. The van der Waals surface area contributed by atoms with Crippen LogP contribution in [0.15, 0.2) is 18.2 Å². The lowest BCUT2D eigenvalue weighted by Gasteiger charge is -2.43. The van der Waals surface area contributed by atoms with Crippen LogP contribution in [0.25, 0.3) is 11.0 Å². The van der Waals surface area contributed by atoms with E-state index in [0.717, 1.165) is 24.8 Å². The lowest BCUT2D eigenvalue weighted by Crippen LogP contribution is -2.59. The number of rotatable bonds is 5. The van der Waals surface area contributed by atoms with Crippen molar-refractivity contribution in [3.05, 3.63) is 23.8 Å². The van der Waals surface area contributed by atoms with Crippen LogP contribution >= 0.6 is 0 Å². The minimum Gasteiger partial charge on any atom is -0.386 e. The van der Waals surface area contributed by atoms with Gasteiger partial charge in [0, 0.05) is 24.8 Å². The normalized spacial score (nSPS) is 23.5. The van der Waals surface area contributed by atoms with E-state index >= 15 is 0 Å². The molecule has 1 aromatic heterocycles. The largest absolute Gasteiger partial charge is 0.386 e. The molecule has 2 aliphatic carbocycles. The van der Waals surface area contributed by atoms with Gasteiger partial charge >= 0.3 is 11.8 Å². The monoisotopic (exact) mass is 413 g/mol. The van der Waals surface area contributed by atoms with Crippen molar-refractivity contribution in [1.29, 1.82) is 0 Å². The second kappa shape index (κ2) is 6.42. The first-order valence-corrected chi connectivity index (χ1v) is 9.70. The fourth-order valence-electron chi connectivity index (χ4n) is 3.92. The summed E-state index contributed by atoms with van der Waals surface area (Å²) < 4.78 is 54.9. The number of halogens is 4. The number of carbonyl (C=O) groups excluding carboxylic acids is 1. The Labute approximate surface area is 165 Å². The van der Waals surface area contributed by atoms with Gasteiger partial charge in [-0.15, -0.1) is 0 Å². The summed E-state index contributed by atoms with van der Waals surface area (Å²) in [6, 6.07) is 5.37. The van der Waals surface area contributed by atoms with E-state index in [-0.39, 0.29) is 12.0 Å². The zero-order chi connectivity index (χ0) is 21.2. The number of hydrogen-bond donors (Lipinski definition) is 2. The first kappa shape index (κ1) is 20.1. The molecule has 0 bridgehead atoms. The Morgan fingerprint density at radius 3 is 2.52 bits per heavy atom. The van der Waals surface area contributed by atoms with Gasteiger partial charge in [0.25, 0.3) is 0 Å². The minimum absolute atomic E-state index is 0.0989. The number of fused-ring (bicyclic) bond motifs is 1. The lowest BCUT2D eigenvalue weighted by molar-refractivity contribution is -0.313. The number of imidazole rings is 1. The zero-order valence-corrected chi connectivity index (χ0v) is 16.2. The maximum Gasteiger partial charge on any atom is 0.313 e. The van der Waals surface area contributed by atoms with Gasteiger partial charge in [0.05, 0.1) is 16.6 Å². The summed E-state index contributed by atoms with van der Waals surface area (Å²) in [6.07, 6.45) is 1.10. The third kappa shape index (κ3) is 3.29. The number of hydrogen-bond acceptors (Lipinski definition) is 3. The van der Waals surface area contributed by atoms with E-state index in [1.54, 1.807) is 32.0 Å². The SMILES string of the molecule is CC(C)(O)c1ccc2nc(NC(=O)CC3CC(F)(F)C3(F)F)n(C3CCC3)c2c1. The predicted octanol–water partition coefficient (Wildman–Crippen LogP) is 4.61. The van der Waals surface area contributed by atoms with E-state index in [4.69, 9.17) is 0 Å². The maximum atomic E-state index is 13.5. The number of amides is 1. The zero-order valence-electron chi connectivity index (χ0n) is 16.2. The van der Waals surface area contributed by atoms with Gasteiger partial charge in [-0.2, -0.15) is 17.6 Å². The summed E-state index contributed by atoms with van der Waals surface area (Å²) in [6.45, 7) is 3.32. The van der Waals surface area contributed by atoms with Crippen LogP contribution in [0, 0.1) is 5.92 Å². The lowest BCUT2D eigenvalue weighted by atomic mass is 9.74. The third-order valence-corrected chi connectivity index (χ3v) is 6.02. The number of nitrogens with zero attached hydrogens (tertiary/aromatic N) is 2. The van der Waals surface area contributed by atoms with Crippen molar-refractivity contribution >= 4 is 22.9 Å². The molecule has 2 aromatic rings. The molecule has 0 saturated heterocycles. The first-order chi connectivity index (χ1) is 13.4. The Bertz CT molecular complexity index is 961. The molecule has 29 heavy (non-hydrogen) atoms. The summed E-state index contributed by atoms with van der Waals surface area (Å²) >= 11 is 0. The summed E-state index contributed by atoms with van der Waals surface area (Å²) in [4.78, 5) is 16.7. The number of alkyl halides is 4. The molecule has 1 unspecified atom stereocenters. The standard InChI is InChI=1S/C20H23F4N3O2/c1-18(2,29)11-6-7-14-15(8-11)27(13-4-3-5-13)17(25-14)26-16(28)9-12-10-19(21,22)20(12,23)24/h6-8,12-13,29H,3-5,9-10H2,1-2H3,(H,25,26,28). The highest BCUT2D eigenvalue weighted by Gasteiger charge is 2.71. The van der Waals surface area contributed by atoms with Crippen molar-refractivity contribution in [3.8, 4) is 0 Å². The molecule has 1 aromatic carbocycles. The maximum absolute atomic E-state index is 13.5. The number of anilines is 1. The molecule has 1 atom stereocenters. The molecular formula is C20H23F4N3O2. The smallest absolute Gasteiger partial charge is 0.313 e. The van der Waals surface area contributed by atoms with Crippen LogP contribution < -0.4 is 5.32 Å². The molecule has 0 spiro atoms. The molecule has 9 heteroatoms. The van der Waals surface area contributed by atoms with Crippen molar-refractivity contribution in [3.63, 3.8) is 0 Å². The number of benzene rings is 1. The van der Waals surface area contributed by atoms with Crippen LogP contribution in [0.3, 0.4) is 0 Å². The van der Waals surface area contributed by atoms with Gasteiger partial charge in [0.1, 0.15) is 0 Å². The fourth-order valence-corrected chi connectivity index (χ4v) is 3.92. The molecule has 5 nitrogen and oxygen atoms in total. The van der Waals surface area contributed by atoms with Gasteiger partial charge in [0.15, 0.2) is 0 Å². The van der Waals surface area contributed by atoms with Crippen LogP contribution in [0.1, 0.15) is 57.6 Å². The molecular weight excluding hydrogens is 390 g/mol. The van der Waals surface area contributed by atoms with Crippen LogP contribution in [0.2, 0.25) is 0 Å². The van der Waals surface area contributed by atoms with E-state index in [2.05, 4.69) is 10.3 Å². The molecule has 1 heterocycles. The number of aliphatic hydroxyl groups is 1. The second-order valence-electron chi connectivity index (χ2n) is 8.63. The molecule has 4 rings (SSSR count). The van der Waals surface area contributed by atoms with E-state index in [0.29, 0.717) is 11.1 Å². The van der Waals surface area contributed by atoms with Crippen molar-refractivity contribution in [2.45, 2.75) is 69.4 Å². The van der Waals surface area contributed by atoms with Crippen molar-refractivity contribution in [2.75, 3.05) is 5.32 Å². The Hall–Kier alpha value is -2.16. The van der Waals surface area contributed by atoms with Gasteiger partial charge in [-0.3, -0.25) is 10.1 Å². The van der Waals surface area contributed by atoms with E-state index in [9.17, 15) is 27.5 Å². The van der Waals surface area contributed by atoms with E-state index in [1.807, 2.05) is 4.57 Å². The highest BCUT2D eigenvalue weighted by molar-refractivity contribution is 5.92. The van der Waals surface area contributed by atoms with Gasteiger partial charge in [-0.05, 0) is 50.8 Å². The number of carbonyl (C=O) groups is 1. The van der Waals surface area contributed by atoms with E-state index < -0.39 is 42.1 Å².